The molecule has 1 unspecified atom stereocenters. The second-order valence-electron chi connectivity index (χ2n) is 5.10. The molecule has 92 valence electrons. The van der Waals surface area contributed by atoms with E-state index < -0.39 is 0 Å². The summed E-state index contributed by atoms with van der Waals surface area (Å²) in [5.41, 5.74) is 3.98. The largest absolute Gasteiger partial charge is 0.271 e. The average molecular weight is 242 g/mol. The van der Waals surface area contributed by atoms with Crippen molar-refractivity contribution >= 4 is 11.5 Å². The van der Waals surface area contributed by atoms with Crippen LogP contribution in [0.4, 0.5) is 0 Å². The van der Waals surface area contributed by atoms with Gasteiger partial charge >= 0.3 is 0 Å². The van der Waals surface area contributed by atoms with Crippen LogP contribution in [0, 0.1) is 0 Å². The summed E-state index contributed by atoms with van der Waals surface area (Å²) in [5.74, 6) is 5.62. The van der Waals surface area contributed by atoms with E-state index in [2.05, 4.69) is 42.7 Å². The van der Waals surface area contributed by atoms with Crippen LogP contribution in [0.3, 0.4) is 0 Å². The summed E-state index contributed by atoms with van der Waals surface area (Å²) in [6.07, 6.45) is 3.38. The Hall–Kier alpha value is -0.520. The second kappa shape index (κ2) is 5.70. The van der Waals surface area contributed by atoms with Crippen molar-refractivity contribution in [3.05, 3.63) is 10.6 Å². The van der Waals surface area contributed by atoms with Crippen molar-refractivity contribution in [1.82, 2.24) is 15.0 Å². The molecule has 0 aliphatic rings. The van der Waals surface area contributed by atoms with Gasteiger partial charge < -0.3 is 0 Å². The lowest BCUT2D eigenvalue weighted by molar-refractivity contribution is 0.480. The molecule has 1 heterocycles. The molecule has 0 aromatic carbocycles. The van der Waals surface area contributed by atoms with Crippen molar-refractivity contribution in [2.75, 3.05) is 0 Å². The zero-order valence-electron chi connectivity index (χ0n) is 10.6. The van der Waals surface area contributed by atoms with E-state index in [9.17, 15) is 0 Å². The molecule has 1 aromatic rings. The van der Waals surface area contributed by atoms with Crippen LogP contribution in [0.5, 0.6) is 0 Å². The highest BCUT2D eigenvalue weighted by Gasteiger charge is 2.26. The van der Waals surface area contributed by atoms with Crippen molar-refractivity contribution in [3.63, 3.8) is 0 Å². The molecular weight excluding hydrogens is 220 g/mol. The number of aromatic nitrogens is 2. The van der Waals surface area contributed by atoms with Gasteiger partial charge in [0.2, 0.25) is 0 Å². The fraction of sp³-hybridized carbons (Fsp3) is 0.818. The van der Waals surface area contributed by atoms with Gasteiger partial charge in [-0.2, -0.15) is 0 Å². The molecule has 16 heavy (non-hydrogen) atoms. The molecule has 0 saturated carbocycles. The van der Waals surface area contributed by atoms with Crippen LogP contribution < -0.4 is 11.3 Å². The number of nitrogens with zero attached hydrogens (tertiary/aromatic N) is 2. The maximum Gasteiger partial charge on any atom is 0.0857 e. The quantitative estimate of drug-likeness (QED) is 0.615. The van der Waals surface area contributed by atoms with Gasteiger partial charge in [-0.1, -0.05) is 45.0 Å². The molecule has 0 amide bonds. The first kappa shape index (κ1) is 13.5. The Morgan fingerprint density at radius 3 is 2.62 bits per heavy atom. The Labute approximate surface area is 102 Å². The topological polar surface area (TPSA) is 63.8 Å². The Kier molecular flexibility index (Phi) is 4.83. The Morgan fingerprint density at radius 1 is 1.44 bits per heavy atom. The summed E-state index contributed by atoms with van der Waals surface area (Å²) in [5, 5.41) is 4.24. The van der Waals surface area contributed by atoms with E-state index in [0.717, 1.165) is 18.5 Å². The van der Waals surface area contributed by atoms with E-state index >= 15 is 0 Å². The molecule has 0 fully saturated rings. The highest BCUT2D eigenvalue weighted by Crippen LogP contribution is 2.32. The molecule has 0 saturated heterocycles. The number of unbranched alkanes of at least 4 members (excludes halogenated alkanes) is 1. The van der Waals surface area contributed by atoms with Crippen LogP contribution in [0.1, 0.15) is 63.6 Å². The lowest BCUT2D eigenvalue weighted by atomic mass is 9.89. The van der Waals surface area contributed by atoms with Gasteiger partial charge in [0, 0.05) is 5.41 Å². The minimum atomic E-state index is 0.0314. The van der Waals surface area contributed by atoms with Crippen molar-refractivity contribution in [3.8, 4) is 0 Å². The molecule has 0 radical (unpaired) electrons. The van der Waals surface area contributed by atoms with Gasteiger partial charge in [-0.25, -0.2) is 0 Å². The number of hydrogen-bond acceptors (Lipinski definition) is 5. The first-order valence-electron chi connectivity index (χ1n) is 5.79. The zero-order valence-corrected chi connectivity index (χ0v) is 11.4. The summed E-state index contributed by atoms with van der Waals surface area (Å²) in [7, 11) is 0. The number of nitrogens with two attached hydrogens (primary N) is 1. The second-order valence-corrected chi connectivity index (χ2v) is 5.88. The SMILES string of the molecule is CCCCC(NN)c1snnc1C(C)(C)C. The molecule has 0 bridgehead atoms. The van der Waals surface area contributed by atoms with E-state index in [0.29, 0.717) is 0 Å². The van der Waals surface area contributed by atoms with Crippen LogP contribution in [0.2, 0.25) is 0 Å². The minimum absolute atomic E-state index is 0.0314. The van der Waals surface area contributed by atoms with Crippen molar-refractivity contribution in [2.45, 2.75) is 58.4 Å². The van der Waals surface area contributed by atoms with Gasteiger partial charge in [-0.15, -0.1) is 5.10 Å². The molecule has 0 aliphatic carbocycles. The molecular formula is C11H22N4S. The Morgan fingerprint density at radius 2 is 2.12 bits per heavy atom. The van der Waals surface area contributed by atoms with Gasteiger partial charge in [0.25, 0.3) is 0 Å². The van der Waals surface area contributed by atoms with E-state index in [1.165, 1.54) is 22.8 Å². The number of hydrazine groups is 1. The summed E-state index contributed by atoms with van der Waals surface area (Å²) in [6, 6.07) is 0.189. The van der Waals surface area contributed by atoms with E-state index in [1.807, 2.05) is 0 Å². The fourth-order valence-electron chi connectivity index (χ4n) is 1.64. The zero-order chi connectivity index (χ0) is 12.2. The molecule has 0 aliphatic heterocycles. The van der Waals surface area contributed by atoms with Crippen molar-refractivity contribution in [2.24, 2.45) is 5.84 Å². The molecule has 1 aromatic heterocycles. The van der Waals surface area contributed by atoms with Gasteiger partial charge in [0.05, 0.1) is 16.6 Å². The van der Waals surface area contributed by atoms with Crippen LogP contribution in [0.25, 0.3) is 0 Å². The molecule has 3 N–H and O–H groups in total. The van der Waals surface area contributed by atoms with E-state index in [-0.39, 0.29) is 11.5 Å². The smallest absolute Gasteiger partial charge is 0.0857 e. The molecule has 4 nitrogen and oxygen atoms in total. The number of hydrogen-bond donors (Lipinski definition) is 2. The molecule has 1 atom stereocenters. The van der Waals surface area contributed by atoms with Crippen molar-refractivity contribution < 1.29 is 0 Å². The third kappa shape index (κ3) is 3.23. The first-order chi connectivity index (χ1) is 7.50. The average Bonchev–Trinajstić information content (AvgIpc) is 2.67. The normalized spacial score (nSPS) is 14.1. The maximum atomic E-state index is 5.62. The van der Waals surface area contributed by atoms with Gasteiger partial charge in [0.1, 0.15) is 0 Å². The highest BCUT2D eigenvalue weighted by atomic mass is 32.1. The van der Waals surface area contributed by atoms with Gasteiger partial charge in [-0.3, -0.25) is 11.3 Å². The molecule has 5 heteroatoms. The highest BCUT2D eigenvalue weighted by molar-refractivity contribution is 7.05. The predicted molar refractivity (Wildman–Crippen MR) is 68.2 cm³/mol. The molecule has 0 spiro atoms. The number of nitrogens with one attached hydrogen (secondary N) is 1. The van der Waals surface area contributed by atoms with E-state index in [1.54, 1.807) is 0 Å². The van der Waals surface area contributed by atoms with Crippen LogP contribution in [-0.2, 0) is 5.41 Å². The Bertz CT molecular complexity index is 316. The van der Waals surface area contributed by atoms with Crippen LogP contribution >= 0.6 is 11.5 Å². The lowest BCUT2D eigenvalue weighted by Gasteiger charge is -2.21. The summed E-state index contributed by atoms with van der Waals surface area (Å²) in [6.45, 7) is 8.64. The standard InChI is InChI=1S/C11H22N4S/c1-5-6-7-8(13-12)9-10(11(2,3)4)14-15-16-9/h8,13H,5-7,12H2,1-4H3. The van der Waals surface area contributed by atoms with Crippen LogP contribution in [0.15, 0.2) is 0 Å². The maximum absolute atomic E-state index is 5.62. The fourth-order valence-corrected chi connectivity index (χ4v) is 2.60. The predicted octanol–water partition coefficient (Wildman–Crippen LogP) is 2.53. The lowest BCUT2D eigenvalue weighted by Crippen LogP contribution is -2.29. The summed E-state index contributed by atoms with van der Waals surface area (Å²) < 4.78 is 4.06. The summed E-state index contributed by atoms with van der Waals surface area (Å²) >= 11 is 1.46. The third-order valence-electron chi connectivity index (χ3n) is 2.59. The third-order valence-corrected chi connectivity index (χ3v) is 3.43. The monoisotopic (exact) mass is 242 g/mol. The first-order valence-corrected chi connectivity index (χ1v) is 6.57. The van der Waals surface area contributed by atoms with Gasteiger partial charge in [0.15, 0.2) is 0 Å². The molecule has 1 rings (SSSR count). The van der Waals surface area contributed by atoms with Crippen LogP contribution in [-0.4, -0.2) is 9.59 Å². The van der Waals surface area contributed by atoms with Crippen molar-refractivity contribution in [1.29, 1.82) is 0 Å². The van der Waals surface area contributed by atoms with Gasteiger partial charge in [-0.05, 0) is 18.0 Å². The minimum Gasteiger partial charge on any atom is -0.271 e. The number of rotatable bonds is 5. The summed E-state index contributed by atoms with van der Waals surface area (Å²) in [4.78, 5) is 1.18. The van der Waals surface area contributed by atoms with E-state index in [4.69, 9.17) is 5.84 Å². The Balaban J connectivity index is 2.88.